The van der Waals surface area contributed by atoms with Crippen molar-refractivity contribution in [2.75, 3.05) is 6.61 Å². The van der Waals surface area contributed by atoms with Crippen LogP contribution < -0.4 is 4.74 Å². The van der Waals surface area contributed by atoms with Gasteiger partial charge in [-0.3, -0.25) is 0 Å². The zero-order chi connectivity index (χ0) is 25.6. The van der Waals surface area contributed by atoms with Gasteiger partial charge in [0.15, 0.2) is 8.32 Å². The molecule has 0 unspecified atom stereocenters. The molecule has 0 N–H and O–H groups in total. The molecule has 1 aliphatic carbocycles. The van der Waals surface area contributed by atoms with E-state index in [4.69, 9.17) is 13.9 Å². The van der Waals surface area contributed by atoms with Crippen LogP contribution in [-0.2, 0) is 9.16 Å². The summed E-state index contributed by atoms with van der Waals surface area (Å²) in [6.45, 7) is 20.7. The molecule has 0 radical (unpaired) electrons. The number of hydrogen-bond acceptors (Lipinski definition) is 3. The quantitative estimate of drug-likeness (QED) is 0.279. The molecule has 3 rings (SSSR count). The lowest BCUT2D eigenvalue weighted by atomic mass is 9.86. The van der Waals surface area contributed by atoms with E-state index in [2.05, 4.69) is 90.7 Å². The van der Waals surface area contributed by atoms with Crippen molar-refractivity contribution in [3.63, 3.8) is 0 Å². The number of allylic oxidation sites excluding steroid dienone is 4. The number of benzene rings is 1. The Bertz CT molecular complexity index is 895. The first-order valence-electron chi connectivity index (χ1n) is 13.5. The smallest absolute Gasteiger partial charge is 0.193 e. The predicted molar refractivity (Wildman–Crippen MR) is 150 cm³/mol. The van der Waals surface area contributed by atoms with E-state index in [9.17, 15) is 0 Å². The molecule has 5 atom stereocenters. The Kier molecular flexibility index (Phi) is 9.51. The van der Waals surface area contributed by atoms with Crippen molar-refractivity contribution >= 4 is 8.32 Å². The highest BCUT2D eigenvalue weighted by Gasteiger charge is 2.42. The average molecular weight is 497 g/mol. The maximum Gasteiger partial charge on any atom is 0.193 e. The summed E-state index contributed by atoms with van der Waals surface area (Å²) in [5, 5.41) is 0.142. The van der Waals surface area contributed by atoms with E-state index < -0.39 is 8.32 Å². The van der Waals surface area contributed by atoms with E-state index in [1.54, 1.807) is 0 Å². The van der Waals surface area contributed by atoms with E-state index in [-0.39, 0.29) is 17.2 Å². The molecule has 0 saturated heterocycles. The number of rotatable bonds is 7. The van der Waals surface area contributed by atoms with Crippen LogP contribution in [0.1, 0.15) is 65.4 Å². The van der Waals surface area contributed by atoms with Crippen LogP contribution in [0.25, 0.3) is 0 Å². The third-order valence-corrected chi connectivity index (χ3v) is 12.7. The molecule has 0 amide bonds. The first-order valence-corrected chi connectivity index (χ1v) is 16.4. The predicted octanol–water partition coefficient (Wildman–Crippen LogP) is 8.62. The van der Waals surface area contributed by atoms with E-state index in [0.717, 1.165) is 43.6 Å². The monoisotopic (exact) mass is 496 g/mol. The molecular formula is C31H48O3Si. The van der Waals surface area contributed by atoms with Crippen LogP contribution in [0.5, 0.6) is 5.75 Å². The number of hydrogen-bond donors (Lipinski definition) is 0. The van der Waals surface area contributed by atoms with Crippen molar-refractivity contribution in [1.29, 1.82) is 0 Å². The summed E-state index contributed by atoms with van der Waals surface area (Å²) >= 11 is 0. The minimum atomic E-state index is -1.96. The van der Waals surface area contributed by atoms with E-state index in [1.165, 1.54) is 5.56 Å². The summed E-state index contributed by atoms with van der Waals surface area (Å²) < 4.78 is 19.5. The minimum absolute atomic E-state index is 0.0754. The summed E-state index contributed by atoms with van der Waals surface area (Å²) in [7, 11) is -1.96. The van der Waals surface area contributed by atoms with Crippen LogP contribution in [0.2, 0.25) is 18.1 Å². The molecule has 4 heteroatoms. The Morgan fingerprint density at radius 2 is 2.00 bits per heavy atom. The zero-order valence-electron chi connectivity index (χ0n) is 23.2. The Morgan fingerprint density at radius 1 is 1.23 bits per heavy atom. The summed E-state index contributed by atoms with van der Waals surface area (Å²) in [6, 6.07) is 8.26. The second kappa shape index (κ2) is 12.0. The molecule has 1 heterocycles. The van der Waals surface area contributed by atoms with Gasteiger partial charge < -0.3 is 13.9 Å². The standard InChI is InChI=1S/C31H48O3Si/c1-23-14-13-16-26(20-23)32-22-27(34-35(7,8)31(4,5)6)18-19-28-24(2)21-30-29(28)17-12-10-9-11-15-25(3)33-30/h10,12-14,16,18-20,24,27-30H,3,9,11,15,17,21-22H2,1-2,4-8H3/b12-10-,19-18+/t24-,27-,28+,29-,30+/m1/s1. The van der Waals surface area contributed by atoms with Gasteiger partial charge in [-0.05, 0) is 80.3 Å². The highest BCUT2D eigenvalue weighted by Crippen LogP contribution is 2.43. The third-order valence-electron chi connectivity index (χ3n) is 8.16. The highest BCUT2D eigenvalue weighted by molar-refractivity contribution is 6.74. The van der Waals surface area contributed by atoms with Gasteiger partial charge in [0.2, 0.25) is 0 Å². The molecule has 35 heavy (non-hydrogen) atoms. The van der Waals surface area contributed by atoms with Gasteiger partial charge in [0.1, 0.15) is 18.5 Å². The molecule has 1 aromatic rings. The van der Waals surface area contributed by atoms with Crippen molar-refractivity contribution < 1.29 is 13.9 Å². The van der Waals surface area contributed by atoms with Crippen molar-refractivity contribution in [2.45, 2.75) is 97.1 Å². The second-order valence-electron chi connectivity index (χ2n) is 12.2. The lowest BCUT2D eigenvalue weighted by Crippen LogP contribution is -2.45. The van der Waals surface area contributed by atoms with E-state index in [1.807, 2.05) is 12.1 Å². The van der Waals surface area contributed by atoms with Crippen molar-refractivity contribution in [1.82, 2.24) is 0 Å². The lowest BCUT2D eigenvalue weighted by molar-refractivity contribution is 0.0719. The molecule has 3 nitrogen and oxygen atoms in total. The molecular weight excluding hydrogens is 448 g/mol. The summed E-state index contributed by atoms with van der Waals surface area (Å²) in [5.74, 6) is 3.35. The average Bonchev–Trinajstić information content (AvgIpc) is 3.05. The second-order valence-corrected chi connectivity index (χ2v) is 16.9. The molecule has 0 bridgehead atoms. The fourth-order valence-electron chi connectivity index (χ4n) is 5.03. The van der Waals surface area contributed by atoms with Gasteiger partial charge in [-0.15, -0.1) is 0 Å². The van der Waals surface area contributed by atoms with E-state index >= 15 is 0 Å². The van der Waals surface area contributed by atoms with E-state index in [0.29, 0.717) is 24.4 Å². The molecule has 0 spiro atoms. The van der Waals surface area contributed by atoms with Crippen LogP contribution in [0.4, 0.5) is 0 Å². The van der Waals surface area contributed by atoms with Gasteiger partial charge in [0.05, 0.1) is 11.9 Å². The summed E-state index contributed by atoms with van der Waals surface area (Å²) in [4.78, 5) is 0. The normalized spacial score (nSPS) is 27.8. The van der Waals surface area contributed by atoms with Gasteiger partial charge in [-0.2, -0.15) is 0 Å². The Morgan fingerprint density at radius 3 is 2.71 bits per heavy atom. The Labute approximate surface area is 215 Å². The third kappa shape index (κ3) is 7.85. The Balaban J connectivity index is 1.79. The van der Waals surface area contributed by atoms with Crippen molar-refractivity contribution in [3.05, 3.63) is 66.5 Å². The molecule has 194 valence electrons. The largest absolute Gasteiger partial charge is 0.495 e. The molecule has 1 fully saturated rings. The lowest BCUT2D eigenvalue weighted by Gasteiger charge is -2.38. The fourth-order valence-corrected chi connectivity index (χ4v) is 6.28. The molecule has 2 aliphatic rings. The number of aryl methyl sites for hydroxylation is 1. The number of fused-ring (bicyclic) bond motifs is 1. The highest BCUT2D eigenvalue weighted by atomic mass is 28.4. The molecule has 1 aliphatic heterocycles. The van der Waals surface area contributed by atoms with Gasteiger partial charge in [-0.25, -0.2) is 0 Å². The van der Waals surface area contributed by atoms with Gasteiger partial charge in [0.25, 0.3) is 0 Å². The molecule has 0 aromatic heterocycles. The van der Waals surface area contributed by atoms with Crippen LogP contribution in [0.15, 0.2) is 60.9 Å². The number of ether oxygens (including phenoxy) is 2. The summed E-state index contributed by atoms with van der Waals surface area (Å²) in [6.07, 6.45) is 14.9. The Hall–Kier alpha value is -1.78. The first-order chi connectivity index (χ1) is 16.5. The van der Waals surface area contributed by atoms with Crippen molar-refractivity contribution in [2.24, 2.45) is 17.8 Å². The summed E-state index contributed by atoms with van der Waals surface area (Å²) in [5.41, 5.74) is 1.20. The van der Waals surface area contributed by atoms with Gasteiger partial charge in [-0.1, -0.05) is 70.7 Å². The van der Waals surface area contributed by atoms with Gasteiger partial charge >= 0.3 is 0 Å². The molecule has 1 saturated carbocycles. The maximum atomic E-state index is 6.85. The van der Waals surface area contributed by atoms with Crippen LogP contribution in [0.3, 0.4) is 0 Å². The fraction of sp³-hybridized carbons (Fsp3) is 0.613. The van der Waals surface area contributed by atoms with Crippen molar-refractivity contribution in [3.8, 4) is 5.75 Å². The SMILES string of the molecule is C=C1CCC/C=C\C[C@@H]2[C@@H](/C=C/[C@H](COc3cccc(C)c3)O[Si](C)(C)C(C)(C)C)[C@H](C)C[C@@H]2O1. The maximum absolute atomic E-state index is 6.85. The van der Waals surface area contributed by atoms with Crippen LogP contribution in [0, 0.1) is 24.7 Å². The topological polar surface area (TPSA) is 27.7 Å². The van der Waals surface area contributed by atoms with Gasteiger partial charge in [0, 0.05) is 12.3 Å². The first kappa shape index (κ1) is 27.8. The van der Waals surface area contributed by atoms with Crippen LogP contribution >= 0.6 is 0 Å². The minimum Gasteiger partial charge on any atom is -0.495 e. The van der Waals surface area contributed by atoms with Crippen LogP contribution in [-0.4, -0.2) is 27.1 Å². The molecule has 1 aromatic carbocycles. The zero-order valence-corrected chi connectivity index (χ0v) is 24.2.